The Hall–Kier alpha value is -0.740. The largest absolute Gasteiger partial charge is 0.493 e. The van der Waals surface area contributed by atoms with Crippen LogP contribution in [0.5, 0.6) is 11.5 Å². The first kappa shape index (κ1) is 12.3. The molecule has 2 aliphatic heterocycles. The van der Waals surface area contributed by atoms with Crippen molar-refractivity contribution < 1.29 is 9.47 Å². The highest BCUT2D eigenvalue weighted by Gasteiger charge is 2.26. The second kappa shape index (κ2) is 5.10. The van der Waals surface area contributed by atoms with Gasteiger partial charge in [-0.05, 0) is 43.5 Å². The quantitative estimate of drug-likeness (QED) is 0.911. The molecule has 0 aromatic heterocycles. The Morgan fingerprint density at radius 2 is 2.17 bits per heavy atom. The predicted molar refractivity (Wildman–Crippen MR) is 74.7 cm³/mol. The van der Waals surface area contributed by atoms with Crippen LogP contribution in [0.25, 0.3) is 0 Å². The summed E-state index contributed by atoms with van der Waals surface area (Å²) in [4.78, 5) is 0. The predicted octanol–water partition coefficient (Wildman–Crippen LogP) is 2.86. The molecule has 0 unspecified atom stereocenters. The van der Waals surface area contributed by atoms with Crippen molar-refractivity contribution in [1.29, 1.82) is 0 Å². The van der Waals surface area contributed by atoms with Gasteiger partial charge in [0.05, 0.1) is 13.7 Å². The van der Waals surface area contributed by atoms with E-state index in [1.54, 1.807) is 7.11 Å². The van der Waals surface area contributed by atoms with Crippen LogP contribution in [-0.2, 0) is 6.42 Å². The van der Waals surface area contributed by atoms with Crippen LogP contribution in [0.15, 0.2) is 10.5 Å². The third kappa shape index (κ3) is 2.01. The molecule has 4 heteroatoms. The van der Waals surface area contributed by atoms with Gasteiger partial charge in [-0.1, -0.05) is 15.9 Å². The van der Waals surface area contributed by atoms with Crippen LogP contribution in [0.3, 0.4) is 0 Å². The molecule has 0 radical (unpaired) electrons. The maximum atomic E-state index is 5.68. The van der Waals surface area contributed by atoms with Crippen molar-refractivity contribution in [2.45, 2.75) is 25.2 Å². The number of nitrogens with one attached hydrogen (secondary N) is 1. The molecule has 0 aliphatic carbocycles. The molecular weight excluding hydrogens is 294 g/mol. The van der Waals surface area contributed by atoms with Crippen LogP contribution in [0, 0.1) is 0 Å². The van der Waals surface area contributed by atoms with Gasteiger partial charge in [0.2, 0.25) is 0 Å². The molecule has 0 bridgehead atoms. The average molecular weight is 312 g/mol. The van der Waals surface area contributed by atoms with Crippen molar-refractivity contribution >= 4 is 15.9 Å². The number of benzene rings is 1. The molecule has 3 rings (SSSR count). The van der Waals surface area contributed by atoms with Gasteiger partial charge in [-0.2, -0.15) is 0 Å². The molecule has 1 fully saturated rings. The van der Waals surface area contributed by atoms with E-state index in [-0.39, 0.29) is 0 Å². The topological polar surface area (TPSA) is 30.5 Å². The van der Waals surface area contributed by atoms with E-state index in [4.69, 9.17) is 9.47 Å². The minimum absolute atomic E-state index is 0.625. The van der Waals surface area contributed by atoms with Crippen molar-refractivity contribution in [2.75, 3.05) is 26.8 Å². The zero-order chi connectivity index (χ0) is 12.5. The number of fused-ring (bicyclic) bond motifs is 1. The summed E-state index contributed by atoms with van der Waals surface area (Å²) in [7, 11) is 1.72. The third-order valence-corrected chi connectivity index (χ3v) is 4.84. The molecule has 3 nitrogen and oxygen atoms in total. The smallest absolute Gasteiger partial charge is 0.165 e. The fourth-order valence-electron chi connectivity index (χ4n) is 2.91. The van der Waals surface area contributed by atoms with Gasteiger partial charge in [0.25, 0.3) is 0 Å². The van der Waals surface area contributed by atoms with E-state index in [9.17, 15) is 0 Å². The molecule has 1 aromatic carbocycles. The van der Waals surface area contributed by atoms with Crippen molar-refractivity contribution in [3.05, 3.63) is 21.7 Å². The van der Waals surface area contributed by atoms with Crippen molar-refractivity contribution in [3.8, 4) is 11.5 Å². The van der Waals surface area contributed by atoms with E-state index in [1.807, 2.05) is 0 Å². The Morgan fingerprint density at radius 3 is 2.89 bits per heavy atom. The average Bonchev–Trinajstić information content (AvgIpc) is 2.90. The number of ether oxygens (including phenoxy) is 2. The molecule has 0 amide bonds. The molecule has 1 saturated heterocycles. The molecule has 2 heterocycles. The van der Waals surface area contributed by atoms with E-state index in [0.717, 1.165) is 37.6 Å². The fourth-order valence-corrected chi connectivity index (χ4v) is 3.73. The lowest BCUT2D eigenvalue weighted by molar-refractivity contribution is 0.325. The maximum Gasteiger partial charge on any atom is 0.165 e. The van der Waals surface area contributed by atoms with Gasteiger partial charge in [-0.25, -0.2) is 0 Å². The van der Waals surface area contributed by atoms with E-state index < -0.39 is 0 Å². The maximum absolute atomic E-state index is 5.68. The molecule has 1 aromatic rings. The van der Waals surface area contributed by atoms with Crippen LogP contribution in [-0.4, -0.2) is 26.8 Å². The normalized spacial score (nSPS) is 19.4. The van der Waals surface area contributed by atoms with Crippen LogP contribution in [0.1, 0.15) is 29.9 Å². The first-order chi connectivity index (χ1) is 8.81. The minimum atomic E-state index is 0.625. The minimum Gasteiger partial charge on any atom is -0.493 e. The Balaban J connectivity index is 2.03. The lowest BCUT2D eigenvalue weighted by Gasteiger charge is -2.25. The zero-order valence-corrected chi connectivity index (χ0v) is 12.2. The summed E-state index contributed by atoms with van der Waals surface area (Å²) < 4.78 is 12.4. The Labute approximate surface area is 116 Å². The van der Waals surface area contributed by atoms with Crippen molar-refractivity contribution in [3.63, 3.8) is 0 Å². The van der Waals surface area contributed by atoms with Gasteiger partial charge in [-0.15, -0.1) is 0 Å². The van der Waals surface area contributed by atoms with Crippen molar-refractivity contribution in [1.82, 2.24) is 5.32 Å². The summed E-state index contributed by atoms with van der Waals surface area (Å²) in [6, 6.07) is 2.16. The Kier molecular flexibility index (Phi) is 3.48. The van der Waals surface area contributed by atoms with Gasteiger partial charge in [-0.3, -0.25) is 0 Å². The number of hydrogen-bond donors (Lipinski definition) is 1. The summed E-state index contributed by atoms with van der Waals surface area (Å²) in [5.41, 5.74) is 2.67. The van der Waals surface area contributed by atoms with E-state index in [1.165, 1.54) is 28.4 Å². The number of piperidine rings is 1. The first-order valence-electron chi connectivity index (χ1n) is 6.54. The first-order valence-corrected chi connectivity index (χ1v) is 7.33. The SMILES string of the molecule is COc1cc(C2CCNCC2)c(Br)c2c1OCC2. The van der Waals surface area contributed by atoms with Crippen LogP contribution >= 0.6 is 15.9 Å². The second-order valence-electron chi connectivity index (χ2n) is 4.91. The summed E-state index contributed by atoms with van der Waals surface area (Å²) in [6.45, 7) is 2.97. The summed E-state index contributed by atoms with van der Waals surface area (Å²) in [5.74, 6) is 2.45. The van der Waals surface area contributed by atoms with Crippen LogP contribution in [0.2, 0.25) is 0 Å². The van der Waals surface area contributed by atoms with E-state index in [2.05, 4.69) is 27.3 Å². The highest BCUT2D eigenvalue weighted by Crippen LogP contribution is 2.45. The molecule has 98 valence electrons. The summed E-state index contributed by atoms with van der Waals surface area (Å²) in [6.07, 6.45) is 3.37. The monoisotopic (exact) mass is 311 g/mol. The van der Waals surface area contributed by atoms with Gasteiger partial charge in [0.1, 0.15) is 0 Å². The molecular formula is C14H18BrNO2. The van der Waals surface area contributed by atoms with Gasteiger partial charge in [0.15, 0.2) is 11.5 Å². The van der Waals surface area contributed by atoms with Crippen LogP contribution < -0.4 is 14.8 Å². The number of hydrogen-bond acceptors (Lipinski definition) is 3. The van der Waals surface area contributed by atoms with Gasteiger partial charge < -0.3 is 14.8 Å². The number of rotatable bonds is 2. The lowest BCUT2D eigenvalue weighted by Crippen LogP contribution is -2.26. The second-order valence-corrected chi connectivity index (χ2v) is 5.71. The highest BCUT2D eigenvalue weighted by atomic mass is 79.9. The summed E-state index contributed by atoms with van der Waals surface area (Å²) in [5, 5.41) is 3.41. The number of methoxy groups -OCH3 is 1. The van der Waals surface area contributed by atoms with Gasteiger partial charge in [0, 0.05) is 16.5 Å². The van der Waals surface area contributed by atoms with Crippen LogP contribution in [0.4, 0.5) is 0 Å². The molecule has 0 spiro atoms. The number of halogens is 1. The lowest BCUT2D eigenvalue weighted by atomic mass is 9.88. The Morgan fingerprint density at radius 1 is 1.39 bits per heavy atom. The zero-order valence-electron chi connectivity index (χ0n) is 10.6. The van der Waals surface area contributed by atoms with E-state index in [0.29, 0.717) is 5.92 Å². The Bertz CT molecular complexity index is 456. The standard InChI is InChI=1S/C14H18BrNO2/c1-17-12-8-11(9-2-5-16-6-3-9)13(15)10-4-7-18-14(10)12/h8-9,16H,2-7H2,1H3. The molecule has 2 aliphatic rings. The summed E-state index contributed by atoms with van der Waals surface area (Å²) >= 11 is 3.78. The highest BCUT2D eigenvalue weighted by molar-refractivity contribution is 9.10. The fraction of sp³-hybridized carbons (Fsp3) is 0.571. The molecule has 18 heavy (non-hydrogen) atoms. The van der Waals surface area contributed by atoms with Gasteiger partial charge >= 0.3 is 0 Å². The molecule has 1 N–H and O–H groups in total. The third-order valence-electron chi connectivity index (χ3n) is 3.90. The van der Waals surface area contributed by atoms with Crippen molar-refractivity contribution in [2.24, 2.45) is 0 Å². The molecule has 0 atom stereocenters. The van der Waals surface area contributed by atoms with E-state index >= 15 is 0 Å². The molecule has 0 saturated carbocycles.